The highest BCUT2D eigenvalue weighted by atomic mass is 16.5. The maximum absolute atomic E-state index is 11.0. The molecule has 11 heavy (non-hydrogen) atoms. The fourth-order valence-electron chi connectivity index (χ4n) is 1.20. The highest BCUT2D eigenvalue weighted by Crippen LogP contribution is 2.06. The summed E-state index contributed by atoms with van der Waals surface area (Å²) in [4.78, 5) is 12.8. The molecule has 0 aliphatic carbocycles. The molecule has 1 atom stereocenters. The van der Waals surface area contributed by atoms with Crippen molar-refractivity contribution in [2.45, 2.75) is 19.9 Å². The minimum absolute atomic E-state index is 0.192. The van der Waals surface area contributed by atoms with Gasteiger partial charge in [-0.15, -0.1) is 0 Å². The Morgan fingerprint density at radius 2 is 1.91 bits per heavy atom. The van der Waals surface area contributed by atoms with Crippen LogP contribution in [-0.2, 0) is 4.79 Å². The van der Waals surface area contributed by atoms with Crippen molar-refractivity contribution in [3.63, 3.8) is 0 Å². The molecule has 0 aromatic heterocycles. The van der Waals surface area contributed by atoms with E-state index >= 15 is 0 Å². The van der Waals surface area contributed by atoms with Gasteiger partial charge in [0.05, 0.1) is 6.04 Å². The molecular weight excluding hydrogens is 144 g/mol. The number of hydrogen-bond acceptors (Lipinski definition) is 3. The summed E-state index contributed by atoms with van der Waals surface area (Å²) in [6, 6.07) is -0.264. The summed E-state index contributed by atoms with van der Waals surface area (Å²) >= 11 is 0. The molecule has 0 radical (unpaired) electrons. The molecule has 0 unspecified atom stereocenters. The quantitative estimate of drug-likeness (QED) is 0.454. The molecule has 0 fully saturated rings. The zero-order valence-electron chi connectivity index (χ0n) is 7.46. The number of carbonyl (C=O) groups is 1. The van der Waals surface area contributed by atoms with Gasteiger partial charge in [0, 0.05) is 0 Å². The largest absolute Gasteiger partial charge is 0.298 e. The minimum atomic E-state index is -0.356. The Morgan fingerprint density at radius 3 is 2.00 bits per heavy atom. The van der Waals surface area contributed by atoms with E-state index in [1.54, 1.807) is 24.5 Å². The van der Waals surface area contributed by atoms with Gasteiger partial charge >= 0.3 is 0 Å². The molecule has 4 nitrogen and oxygen atoms in total. The summed E-state index contributed by atoms with van der Waals surface area (Å²) in [6.45, 7) is 3.86. The predicted molar refractivity (Wildman–Crippen MR) is 42.2 cm³/mol. The second-order valence-corrected chi connectivity index (χ2v) is 3.13. The summed E-state index contributed by atoms with van der Waals surface area (Å²) in [5.74, 6) is -0.165. The lowest BCUT2D eigenvalue weighted by Gasteiger charge is -2.25. The van der Waals surface area contributed by atoms with Crippen LogP contribution in [0.15, 0.2) is 0 Å². The Balaban J connectivity index is 4.22. The van der Waals surface area contributed by atoms with Crippen LogP contribution in [0.1, 0.15) is 13.8 Å². The zero-order valence-corrected chi connectivity index (χ0v) is 7.46. The van der Waals surface area contributed by atoms with Crippen molar-refractivity contribution in [3.05, 3.63) is 0 Å². The van der Waals surface area contributed by atoms with Gasteiger partial charge in [0.15, 0.2) is 0 Å². The van der Waals surface area contributed by atoms with Crippen molar-refractivity contribution in [1.29, 1.82) is 0 Å². The molecule has 0 saturated heterocycles. The SMILES string of the molecule is CC(C)[C@H](C(=O)NO)N(C)C. The second-order valence-electron chi connectivity index (χ2n) is 3.13. The Kier molecular flexibility index (Phi) is 4.07. The van der Waals surface area contributed by atoms with Crippen LogP contribution >= 0.6 is 0 Å². The van der Waals surface area contributed by atoms with Crippen LogP contribution in [0.25, 0.3) is 0 Å². The van der Waals surface area contributed by atoms with E-state index in [0.717, 1.165) is 0 Å². The van der Waals surface area contributed by atoms with Crippen molar-refractivity contribution < 1.29 is 10.0 Å². The van der Waals surface area contributed by atoms with Crippen molar-refractivity contribution in [2.24, 2.45) is 5.92 Å². The van der Waals surface area contributed by atoms with Crippen LogP contribution in [0.2, 0.25) is 0 Å². The first kappa shape index (κ1) is 10.4. The molecule has 0 rings (SSSR count). The molecule has 4 heteroatoms. The lowest BCUT2D eigenvalue weighted by Crippen LogP contribution is -2.45. The van der Waals surface area contributed by atoms with Gasteiger partial charge in [-0.05, 0) is 20.0 Å². The van der Waals surface area contributed by atoms with E-state index in [4.69, 9.17) is 5.21 Å². The zero-order chi connectivity index (χ0) is 9.02. The summed E-state index contributed by atoms with van der Waals surface area (Å²) in [6.07, 6.45) is 0. The van der Waals surface area contributed by atoms with Crippen LogP contribution in [0.5, 0.6) is 0 Å². The van der Waals surface area contributed by atoms with E-state index in [2.05, 4.69) is 0 Å². The van der Waals surface area contributed by atoms with Gasteiger partial charge in [-0.1, -0.05) is 13.8 Å². The lowest BCUT2D eigenvalue weighted by molar-refractivity contribution is -0.135. The number of nitrogens with one attached hydrogen (secondary N) is 1. The number of likely N-dealkylation sites (N-methyl/N-ethyl adjacent to an activating group) is 1. The lowest BCUT2D eigenvalue weighted by atomic mass is 10.0. The predicted octanol–water partition coefficient (Wildman–Crippen LogP) is 0.0780. The number of hydrogen-bond donors (Lipinski definition) is 2. The van der Waals surface area contributed by atoms with Crippen molar-refractivity contribution in [3.8, 4) is 0 Å². The Morgan fingerprint density at radius 1 is 1.45 bits per heavy atom. The molecule has 0 aliphatic heterocycles. The molecule has 0 aliphatic rings. The monoisotopic (exact) mass is 160 g/mol. The van der Waals surface area contributed by atoms with E-state index in [9.17, 15) is 4.79 Å². The fraction of sp³-hybridized carbons (Fsp3) is 0.857. The van der Waals surface area contributed by atoms with E-state index in [1.165, 1.54) is 0 Å². The topological polar surface area (TPSA) is 52.6 Å². The van der Waals surface area contributed by atoms with Gasteiger partial charge in [0.2, 0.25) is 0 Å². The molecule has 0 saturated carbocycles. The third-order valence-corrected chi connectivity index (χ3v) is 1.57. The fourth-order valence-corrected chi connectivity index (χ4v) is 1.20. The second kappa shape index (κ2) is 4.31. The first-order chi connectivity index (χ1) is 5.00. The number of hydroxylamine groups is 1. The van der Waals surface area contributed by atoms with Gasteiger partial charge in [-0.3, -0.25) is 14.9 Å². The standard InChI is InChI=1S/C7H16N2O2/c1-5(2)6(9(3)4)7(10)8-11/h5-6,11H,1-4H3,(H,8,10)/t6-/m1/s1. The van der Waals surface area contributed by atoms with Crippen LogP contribution in [0.4, 0.5) is 0 Å². The Labute approximate surface area is 67.1 Å². The normalized spacial score (nSPS) is 13.7. The van der Waals surface area contributed by atoms with Crippen molar-refractivity contribution >= 4 is 5.91 Å². The molecular formula is C7H16N2O2. The molecule has 1 amide bonds. The third kappa shape index (κ3) is 2.86. The van der Waals surface area contributed by atoms with E-state index in [1.807, 2.05) is 13.8 Å². The number of amides is 1. The molecule has 0 spiro atoms. The molecule has 0 bridgehead atoms. The molecule has 2 N–H and O–H groups in total. The van der Waals surface area contributed by atoms with Crippen LogP contribution < -0.4 is 5.48 Å². The molecule has 66 valence electrons. The first-order valence-corrected chi connectivity index (χ1v) is 3.61. The van der Waals surface area contributed by atoms with Crippen LogP contribution in [-0.4, -0.2) is 36.2 Å². The maximum atomic E-state index is 11.0. The minimum Gasteiger partial charge on any atom is -0.298 e. The van der Waals surface area contributed by atoms with Gasteiger partial charge in [0.25, 0.3) is 5.91 Å². The number of carbonyl (C=O) groups excluding carboxylic acids is 1. The number of nitrogens with zero attached hydrogens (tertiary/aromatic N) is 1. The smallest absolute Gasteiger partial charge is 0.260 e. The molecule has 0 aromatic rings. The summed E-state index contributed by atoms with van der Waals surface area (Å²) < 4.78 is 0. The van der Waals surface area contributed by atoms with Crippen LogP contribution in [0, 0.1) is 5.92 Å². The Hall–Kier alpha value is -0.610. The van der Waals surface area contributed by atoms with Gasteiger partial charge in [-0.2, -0.15) is 0 Å². The average Bonchev–Trinajstić information content (AvgIpc) is 1.85. The van der Waals surface area contributed by atoms with Gasteiger partial charge < -0.3 is 0 Å². The van der Waals surface area contributed by atoms with E-state index in [-0.39, 0.29) is 17.9 Å². The Bertz CT molecular complexity index is 126. The van der Waals surface area contributed by atoms with Crippen LogP contribution in [0.3, 0.4) is 0 Å². The van der Waals surface area contributed by atoms with Gasteiger partial charge in [-0.25, -0.2) is 5.48 Å². The first-order valence-electron chi connectivity index (χ1n) is 3.61. The van der Waals surface area contributed by atoms with E-state index < -0.39 is 0 Å². The summed E-state index contributed by atoms with van der Waals surface area (Å²) in [7, 11) is 3.61. The highest BCUT2D eigenvalue weighted by molar-refractivity contribution is 5.80. The van der Waals surface area contributed by atoms with Crippen molar-refractivity contribution in [2.75, 3.05) is 14.1 Å². The maximum Gasteiger partial charge on any atom is 0.260 e. The summed E-state index contributed by atoms with van der Waals surface area (Å²) in [5, 5.41) is 8.38. The molecule has 0 heterocycles. The average molecular weight is 160 g/mol. The van der Waals surface area contributed by atoms with E-state index in [0.29, 0.717) is 0 Å². The molecule has 0 aromatic carbocycles. The van der Waals surface area contributed by atoms with Gasteiger partial charge in [0.1, 0.15) is 0 Å². The highest BCUT2D eigenvalue weighted by Gasteiger charge is 2.23. The van der Waals surface area contributed by atoms with Crippen molar-refractivity contribution in [1.82, 2.24) is 10.4 Å². The number of rotatable bonds is 3. The third-order valence-electron chi connectivity index (χ3n) is 1.57. The summed E-state index contributed by atoms with van der Waals surface area (Å²) in [5.41, 5.74) is 1.65.